The third kappa shape index (κ3) is 2.48. The number of nitrogens with one attached hydrogen (secondary N) is 2. The van der Waals surface area contributed by atoms with Gasteiger partial charge in [0.15, 0.2) is 11.4 Å². The minimum Gasteiger partial charge on any atom is -0.494 e. The Kier molecular flexibility index (Phi) is 3.62. The van der Waals surface area contributed by atoms with E-state index < -0.39 is 23.3 Å². The molecule has 0 radical (unpaired) electrons. The van der Waals surface area contributed by atoms with Crippen LogP contribution in [0, 0.1) is 5.82 Å². The number of hydrogen-bond donors (Lipinski definition) is 3. The highest BCUT2D eigenvalue weighted by Gasteiger charge is 2.48. The number of aromatic hydroxyl groups is 1. The molecular weight excluding hydrogens is 361 g/mol. The molecule has 2 aromatic carbocycles. The van der Waals surface area contributed by atoms with Crippen molar-refractivity contribution in [3.63, 3.8) is 0 Å². The zero-order valence-electron chi connectivity index (χ0n) is 13.3. The number of amides is 3. The molecule has 132 valence electrons. The molecule has 6 nitrogen and oxygen atoms in total. The molecule has 0 saturated carbocycles. The van der Waals surface area contributed by atoms with Crippen LogP contribution in [0.4, 0.5) is 9.18 Å². The van der Waals surface area contributed by atoms with E-state index in [0.717, 1.165) is 0 Å². The van der Waals surface area contributed by atoms with E-state index in [1.165, 1.54) is 28.8 Å². The van der Waals surface area contributed by atoms with E-state index in [9.17, 15) is 19.1 Å². The summed E-state index contributed by atoms with van der Waals surface area (Å²) in [6.07, 6.45) is 1.64. The van der Waals surface area contributed by atoms with Crippen molar-refractivity contribution in [2.45, 2.75) is 12.1 Å². The minimum absolute atomic E-state index is 0.0629. The second-order valence-electron chi connectivity index (χ2n) is 6.13. The number of nitrogens with zero attached hydrogens (tertiary/aromatic N) is 1. The highest BCUT2D eigenvalue weighted by molar-refractivity contribution is 6.31. The molecule has 2 heterocycles. The van der Waals surface area contributed by atoms with Crippen molar-refractivity contribution in [3.05, 3.63) is 65.1 Å². The third-order valence-corrected chi connectivity index (χ3v) is 4.74. The summed E-state index contributed by atoms with van der Waals surface area (Å²) < 4.78 is 14.7. The Hall–Kier alpha value is -3.06. The van der Waals surface area contributed by atoms with Gasteiger partial charge in [-0.2, -0.15) is 0 Å². The average molecular weight is 374 g/mol. The van der Waals surface area contributed by atoms with Crippen LogP contribution in [0.3, 0.4) is 0 Å². The molecule has 1 fully saturated rings. The molecule has 8 heteroatoms. The van der Waals surface area contributed by atoms with Gasteiger partial charge in [-0.05, 0) is 35.9 Å². The molecule has 0 aliphatic carbocycles. The fourth-order valence-electron chi connectivity index (χ4n) is 3.24. The lowest BCUT2D eigenvalue weighted by Gasteiger charge is -2.27. The second kappa shape index (κ2) is 5.74. The van der Waals surface area contributed by atoms with Crippen molar-refractivity contribution >= 4 is 34.3 Å². The molecule has 3 aromatic rings. The summed E-state index contributed by atoms with van der Waals surface area (Å²) >= 11 is 5.98. The van der Waals surface area contributed by atoms with Gasteiger partial charge < -0.3 is 15.0 Å². The SMILES string of the molecule is O=C1NC(=O)C(Cn2cc3cc(Cl)ccc3c2O)(c2ccc(F)cc2)N1. The fraction of sp³-hybridized carbons (Fsp3) is 0.111. The van der Waals surface area contributed by atoms with E-state index in [0.29, 0.717) is 21.4 Å². The molecule has 1 aliphatic heterocycles. The van der Waals surface area contributed by atoms with Crippen LogP contribution in [0.5, 0.6) is 5.88 Å². The number of urea groups is 1. The van der Waals surface area contributed by atoms with Gasteiger partial charge in [-0.15, -0.1) is 0 Å². The Morgan fingerprint density at radius 2 is 1.88 bits per heavy atom. The van der Waals surface area contributed by atoms with Gasteiger partial charge >= 0.3 is 6.03 Å². The monoisotopic (exact) mass is 373 g/mol. The summed E-state index contributed by atoms with van der Waals surface area (Å²) in [5.41, 5.74) is -1.07. The van der Waals surface area contributed by atoms with Gasteiger partial charge in [0, 0.05) is 22.0 Å². The summed E-state index contributed by atoms with van der Waals surface area (Å²) in [6.45, 7) is -0.0751. The number of aromatic nitrogens is 1. The van der Waals surface area contributed by atoms with Gasteiger partial charge in [0.25, 0.3) is 5.91 Å². The first-order valence-corrected chi connectivity index (χ1v) is 8.14. The van der Waals surface area contributed by atoms with Gasteiger partial charge in [-0.1, -0.05) is 23.7 Å². The van der Waals surface area contributed by atoms with Crippen molar-refractivity contribution in [2.24, 2.45) is 0 Å². The molecule has 1 unspecified atom stereocenters. The molecule has 26 heavy (non-hydrogen) atoms. The van der Waals surface area contributed by atoms with Crippen LogP contribution in [0.2, 0.25) is 5.02 Å². The molecule has 0 bridgehead atoms. The lowest BCUT2D eigenvalue weighted by atomic mass is 9.89. The highest BCUT2D eigenvalue weighted by Crippen LogP contribution is 2.34. The average Bonchev–Trinajstić information content (AvgIpc) is 3.05. The number of carbonyl (C=O) groups is 2. The second-order valence-corrected chi connectivity index (χ2v) is 6.57. The van der Waals surface area contributed by atoms with Gasteiger partial charge in [0.2, 0.25) is 0 Å². The van der Waals surface area contributed by atoms with Crippen molar-refractivity contribution in [1.82, 2.24) is 15.2 Å². The Labute approximate surface area is 152 Å². The van der Waals surface area contributed by atoms with Crippen LogP contribution in [0.15, 0.2) is 48.7 Å². The van der Waals surface area contributed by atoms with Gasteiger partial charge in [-0.25, -0.2) is 9.18 Å². The van der Waals surface area contributed by atoms with Crippen LogP contribution in [-0.2, 0) is 16.9 Å². The number of halogens is 2. The van der Waals surface area contributed by atoms with Gasteiger partial charge in [0.05, 0.1) is 6.54 Å². The predicted molar refractivity (Wildman–Crippen MR) is 93.4 cm³/mol. The molecule has 3 amide bonds. The Bertz CT molecular complexity index is 1050. The topological polar surface area (TPSA) is 83.4 Å². The van der Waals surface area contributed by atoms with Crippen molar-refractivity contribution in [1.29, 1.82) is 0 Å². The largest absolute Gasteiger partial charge is 0.494 e. The third-order valence-electron chi connectivity index (χ3n) is 4.51. The number of carbonyl (C=O) groups excluding carboxylic acids is 2. The quantitative estimate of drug-likeness (QED) is 0.617. The maximum Gasteiger partial charge on any atom is 0.322 e. The van der Waals surface area contributed by atoms with Crippen LogP contribution < -0.4 is 10.6 Å². The Balaban J connectivity index is 1.84. The number of hydrogen-bond acceptors (Lipinski definition) is 3. The molecule has 1 saturated heterocycles. The molecule has 1 atom stereocenters. The van der Waals surface area contributed by atoms with Crippen LogP contribution in [0.25, 0.3) is 10.8 Å². The Morgan fingerprint density at radius 3 is 2.54 bits per heavy atom. The molecule has 4 rings (SSSR count). The van der Waals surface area contributed by atoms with E-state index in [4.69, 9.17) is 11.6 Å². The van der Waals surface area contributed by atoms with Crippen LogP contribution >= 0.6 is 11.6 Å². The van der Waals surface area contributed by atoms with E-state index >= 15 is 0 Å². The number of rotatable bonds is 3. The zero-order valence-corrected chi connectivity index (χ0v) is 14.0. The first-order valence-electron chi connectivity index (χ1n) is 7.76. The van der Waals surface area contributed by atoms with Crippen molar-refractivity contribution < 1.29 is 19.1 Å². The van der Waals surface area contributed by atoms with Gasteiger partial charge in [0.1, 0.15) is 5.82 Å². The van der Waals surface area contributed by atoms with E-state index in [-0.39, 0.29) is 12.4 Å². The summed E-state index contributed by atoms with van der Waals surface area (Å²) in [6, 6.07) is 9.62. The number of imide groups is 1. The normalized spacial score (nSPS) is 19.6. The molecule has 3 N–H and O–H groups in total. The standard InChI is InChI=1S/C18H13ClFN3O3/c19-12-3-6-14-10(7-12)8-23(15(14)24)9-18(16(25)21-17(26)22-18)11-1-4-13(20)5-2-11/h1-8,24H,9H2,(H2,21,22,25,26). The molecule has 1 aliphatic rings. The number of benzene rings is 2. The predicted octanol–water partition coefficient (Wildman–Crippen LogP) is 2.87. The van der Waals surface area contributed by atoms with E-state index in [1.54, 1.807) is 24.4 Å². The smallest absolute Gasteiger partial charge is 0.322 e. The lowest BCUT2D eigenvalue weighted by Crippen LogP contribution is -2.47. The summed E-state index contributed by atoms with van der Waals surface area (Å²) in [7, 11) is 0. The molecular formula is C18H13ClFN3O3. The number of fused-ring (bicyclic) bond motifs is 1. The van der Waals surface area contributed by atoms with E-state index in [2.05, 4.69) is 10.6 Å². The fourth-order valence-corrected chi connectivity index (χ4v) is 3.42. The van der Waals surface area contributed by atoms with Crippen molar-refractivity contribution in [2.75, 3.05) is 0 Å². The van der Waals surface area contributed by atoms with E-state index in [1.807, 2.05) is 0 Å². The highest BCUT2D eigenvalue weighted by atomic mass is 35.5. The first-order chi connectivity index (χ1) is 12.4. The van der Waals surface area contributed by atoms with Crippen LogP contribution in [0.1, 0.15) is 5.56 Å². The summed E-state index contributed by atoms with van der Waals surface area (Å²) in [5.74, 6) is -1.10. The lowest BCUT2D eigenvalue weighted by molar-refractivity contribution is -0.124. The summed E-state index contributed by atoms with van der Waals surface area (Å²) in [5, 5.41) is 17.1. The zero-order chi connectivity index (χ0) is 18.5. The Morgan fingerprint density at radius 1 is 1.15 bits per heavy atom. The minimum atomic E-state index is -1.47. The van der Waals surface area contributed by atoms with Crippen LogP contribution in [-0.4, -0.2) is 21.6 Å². The first kappa shape index (κ1) is 16.4. The van der Waals surface area contributed by atoms with Crippen molar-refractivity contribution in [3.8, 4) is 5.88 Å². The summed E-state index contributed by atoms with van der Waals surface area (Å²) in [4.78, 5) is 24.4. The molecule has 0 spiro atoms. The molecule has 1 aromatic heterocycles. The maximum atomic E-state index is 13.3. The van der Waals surface area contributed by atoms with Gasteiger partial charge in [-0.3, -0.25) is 10.1 Å². The maximum absolute atomic E-state index is 13.3.